The van der Waals surface area contributed by atoms with Crippen molar-refractivity contribution in [3.05, 3.63) is 22.2 Å². The lowest BCUT2D eigenvalue weighted by Gasteiger charge is -2.06. The number of hydrogen-bond acceptors (Lipinski definition) is 4. The summed E-state index contributed by atoms with van der Waals surface area (Å²) in [7, 11) is 1.47. The Morgan fingerprint density at radius 3 is 2.84 bits per heavy atom. The lowest BCUT2D eigenvalue weighted by molar-refractivity contribution is -0.121. The average molecular weight is 329 g/mol. The molecule has 5 nitrogen and oxygen atoms in total. The Morgan fingerprint density at radius 2 is 2.26 bits per heavy atom. The van der Waals surface area contributed by atoms with Crippen LogP contribution in [0.3, 0.4) is 0 Å². The van der Waals surface area contributed by atoms with Crippen molar-refractivity contribution in [3.63, 3.8) is 0 Å². The van der Waals surface area contributed by atoms with E-state index in [-0.39, 0.29) is 17.6 Å². The van der Waals surface area contributed by atoms with Crippen LogP contribution in [0.4, 0.5) is 0 Å². The summed E-state index contributed by atoms with van der Waals surface area (Å²) >= 11 is 3.21. The van der Waals surface area contributed by atoms with Crippen LogP contribution in [0.25, 0.3) is 0 Å². The van der Waals surface area contributed by atoms with Crippen LogP contribution < -0.4 is 10.2 Å². The number of phenols is 1. The van der Waals surface area contributed by atoms with E-state index in [0.717, 1.165) is 0 Å². The van der Waals surface area contributed by atoms with Crippen LogP contribution in [0.2, 0.25) is 0 Å². The van der Waals surface area contributed by atoms with E-state index in [4.69, 9.17) is 4.74 Å². The minimum Gasteiger partial charge on any atom is -0.503 e. The van der Waals surface area contributed by atoms with Crippen LogP contribution in [-0.2, 0) is 4.79 Å². The van der Waals surface area contributed by atoms with Crippen LogP contribution >= 0.6 is 15.9 Å². The van der Waals surface area contributed by atoms with E-state index in [1.54, 1.807) is 12.1 Å². The molecular weight excluding hydrogens is 312 g/mol. The molecule has 0 saturated heterocycles. The summed E-state index contributed by atoms with van der Waals surface area (Å²) in [5.41, 5.74) is 3.15. The third kappa shape index (κ3) is 4.90. The van der Waals surface area contributed by atoms with Crippen LogP contribution in [0.5, 0.6) is 11.5 Å². The third-order valence-electron chi connectivity index (χ3n) is 2.27. The van der Waals surface area contributed by atoms with Gasteiger partial charge in [-0.3, -0.25) is 4.79 Å². The maximum atomic E-state index is 11.4. The number of aromatic hydroxyl groups is 1. The minimum absolute atomic E-state index is 0.0310. The highest BCUT2D eigenvalue weighted by atomic mass is 79.9. The van der Waals surface area contributed by atoms with Gasteiger partial charge >= 0.3 is 0 Å². The number of nitrogens with zero attached hydrogens (tertiary/aromatic N) is 1. The summed E-state index contributed by atoms with van der Waals surface area (Å²) in [5.74, 6) is 0.530. The standard InChI is InChI=1S/C13H17BrN2O3/c1-8(2)4-12(17)16-15-7-9-5-10(14)13(18)11(6-9)19-3/h5-8,18H,4H2,1-3H3,(H,16,17)/b15-7+. The van der Waals surface area contributed by atoms with Gasteiger partial charge in [-0.2, -0.15) is 5.10 Å². The first kappa shape index (κ1) is 15.5. The van der Waals surface area contributed by atoms with E-state index >= 15 is 0 Å². The van der Waals surface area contributed by atoms with Gasteiger partial charge in [-0.25, -0.2) is 5.43 Å². The van der Waals surface area contributed by atoms with Crippen LogP contribution in [0.15, 0.2) is 21.7 Å². The Balaban J connectivity index is 2.72. The van der Waals surface area contributed by atoms with Gasteiger partial charge in [-0.05, 0) is 39.5 Å². The second kappa shape index (κ2) is 7.13. The molecule has 0 radical (unpaired) electrons. The smallest absolute Gasteiger partial charge is 0.240 e. The summed E-state index contributed by atoms with van der Waals surface area (Å²) in [6.45, 7) is 3.93. The summed E-state index contributed by atoms with van der Waals surface area (Å²) < 4.78 is 5.52. The summed E-state index contributed by atoms with van der Waals surface area (Å²) in [5, 5.41) is 13.5. The average Bonchev–Trinajstić information content (AvgIpc) is 2.32. The van der Waals surface area contributed by atoms with Crippen molar-refractivity contribution < 1.29 is 14.6 Å². The Kier molecular flexibility index (Phi) is 5.82. The number of phenolic OH excluding ortho intramolecular Hbond substituents is 1. The first-order chi connectivity index (χ1) is 8.93. The Labute approximate surface area is 120 Å². The second-order valence-corrected chi connectivity index (χ2v) is 5.30. The zero-order valence-electron chi connectivity index (χ0n) is 11.1. The molecule has 1 amide bonds. The predicted octanol–water partition coefficient (Wildman–Crippen LogP) is 2.66. The molecule has 0 bridgehead atoms. The van der Waals surface area contributed by atoms with Crippen LogP contribution in [0.1, 0.15) is 25.8 Å². The number of hydrazone groups is 1. The molecular formula is C13H17BrN2O3. The fraction of sp³-hybridized carbons (Fsp3) is 0.385. The van der Waals surface area contributed by atoms with Gasteiger partial charge in [0.2, 0.25) is 5.91 Å². The Hall–Kier alpha value is -1.56. The van der Waals surface area contributed by atoms with Crippen LogP contribution in [-0.4, -0.2) is 24.3 Å². The number of halogens is 1. The van der Waals surface area contributed by atoms with Crippen LogP contribution in [0, 0.1) is 5.92 Å². The van der Waals surface area contributed by atoms with E-state index in [2.05, 4.69) is 26.5 Å². The number of rotatable bonds is 5. The molecule has 0 spiro atoms. The number of hydrogen-bond donors (Lipinski definition) is 2. The number of ether oxygens (including phenoxy) is 1. The Morgan fingerprint density at radius 1 is 1.58 bits per heavy atom. The monoisotopic (exact) mass is 328 g/mol. The highest BCUT2D eigenvalue weighted by molar-refractivity contribution is 9.10. The van der Waals surface area contributed by atoms with E-state index in [9.17, 15) is 9.90 Å². The minimum atomic E-state index is -0.129. The quantitative estimate of drug-likeness (QED) is 0.644. The van der Waals surface area contributed by atoms with Crippen molar-refractivity contribution >= 4 is 28.1 Å². The molecule has 1 rings (SSSR count). The van der Waals surface area contributed by atoms with Crippen molar-refractivity contribution in [2.75, 3.05) is 7.11 Å². The van der Waals surface area contributed by atoms with Gasteiger partial charge < -0.3 is 9.84 Å². The number of carbonyl (C=O) groups excluding carboxylic acids is 1. The maximum Gasteiger partial charge on any atom is 0.240 e. The van der Waals surface area contributed by atoms with Gasteiger partial charge in [0.05, 0.1) is 17.8 Å². The summed E-state index contributed by atoms with van der Waals surface area (Å²) in [6, 6.07) is 3.30. The predicted molar refractivity (Wildman–Crippen MR) is 77.6 cm³/mol. The Bertz CT molecular complexity index is 487. The van der Waals surface area contributed by atoms with E-state index in [0.29, 0.717) is 22.2 Å². The molecule has 0 aromatic heterocycles. The number of benzene rings is 1. The molecule has 0 heterocycles. The lowest BCUT2D eigenvalue weighted by atomic mass is 10.1. The van der Waals surface area contributed by atoms with E-state index in [1.807, 2.05) is 13.8 Å². The third-order valence-corrected chi connectivity index (χ3v) is 2.87. The van der Waals surface area contributed by atoms with Gasteiger partial charge in [0, 0.05) is 6.42 Å². The van der Waals surface area contributed by atoms with Crippen molar-refractivity contribution in [1.29, 1.82) is 0 Å². The number of carbonyl (C=O) groups is 1. The van der Waals surface area contributed by atoms with Crippen molar-refractivity contribution in [2.24, 2.45) is 11.0 Å². The van der Waals surface area contributed by atoms with E-state index < -0.39 is 0 Å². The zero-order valence-corrected chi connectivity index (χ0v) is 12.7. The molecule has 0 atom stereocenters. The molecule has 104 valence electrons. The molecule has 1 aromatic carbocycles. The first-order valence-electron chi connectivity index (χ1n) is 5.82. The van der Waals surface area contributed by atoms with Gasteiger partial charge in [0.25, 0.3) is 0 Å². The molecule has 6 heteroatoms. The molecule has 0 unspecified atom stereocenters. The first-order valence-corrected chi connectivity index (χ1v) is 6.61. The number of amides is 1. The van der Waals surface area contributed by atoms with Crippen molar-refractivity contribution in [2.45, 2.75) is 20.3 Å². The molecule has 0 aliphatic heterocycles. The molecule has 1 aromatic rings. The fourth-order valence-electron chi connectivity index (χ4n) is 1.42. The van der Waals surface area contributed by atoms with Gasteiger partial charge in [0.15, 0.2) is 11.5 Å². The van der Waals surface area contributed by atoms with Gasteiger partial charge in [-0.1, -0.05) is 13.8 Å². The normalized spacial score (nSPS) is 11.0. The summed E-state index contributed by atoms with van der Waals surface area (Å²) in [4.78, 5) is 11.4. The molecule has 2 N–H and O–H groups in total. The topological polar surface area (TPSA) is 70.9 Å². The van der Waals surface area contributed by atoms with Gasteiger partial charge in [0.1, 0.15) is 0 Å². The number of nitrogens with one attached hydrogen (secondary N) is 1. The highest BCUT2D eigenvalue weighted by Gasteiger charge is 2.07. The molecule has 0 saturated carbocycles. The van der Waals surface area contributed by atoms with Gasteiger partial charge in [-0.15, -0.1) is 0 Å². The largest absolute Gasteiger partial charge is 0.503 e. The zero-order chi connectivity index (χ0) is 14.4. The van der Waals surface area contributed by atoms with E-state index in [1.165, 1.54) is 13.3 Å². The maximum absolute atomic E-state index is 11.4. The van der Waals surface area contributed by atoms with Crippen molar-refractivity contribution in [1.82, 2.24) is 5.43 Å². The fourth-order valence-corrected chi connectivity index (χ4v) is 1.88. The van der Waals surface area contributed by atoms with Crippen molar-refractivity contribution in [3.8, 4) is 11.5 Å². The molecule has 0 aliphatic carbocycles. The number of methoxy groups -OCH3 is 1. The highest BCUT2D eigenvalue weighted by Crippen LogP contribution is 2.34. The molecule has 0 fully saturated rings. The second-order valence-electron chi connectivity index (χ2n) is 4.44. The molecule has 19 heavy (non-hydrogen) atoms. The molecule has 0 aliphatic rings. The lowest BCUT2D eigenvalue weighted by Crippen LogP contribution is -2.19. The summed E-state index contributed by atoms with van der Waals surface area (Å²) in [6.07, 6.45) is 1.92. The SMILES string of the molecule is COc1cc(/C=N/NC(=O)CC(C)C)cc(Br)c1O.